The molecular weight excluding hydrogens is 536 g/mol. The van der Waals surface area contributed by atoms with Gasteiger partial charge in [-0.15, -0.1) is 0 Å². The summed E-state index contributed by atoms with van der Waals surface area (Å²) in [5, 5.41) is 5.73. The number of nitrogens with one attached hydrogen (secondary N) is 2. The summed E-state index contributed by atoms with van der Waals surface area (Å²) in [6.07, 6.45) is -0.235. The number of hydrogen-bond acceptors (Lipinski definition) is 5. The van der Waals surface area contributed by atoms with Crippen LogP contribution in [0.3, 0.4) is 0 Å². The zero-order valence-electron chi connectivity index (χ0n) is 19.2. The SMILES string of the molecule is Cc1ccc(Oc2ccc(NC(=O)CCC(=O)OCC(=O)Nc3ccc(Br)c(Cl)c3)cc2)cc1C. The van der Waals surface area contributed by atoms with Crippen LogP contribution >= 0.6 is 27.5 Å². The van der Waals surface area contributed by atoms with Crippen LogP contribution in [0, 0.1) is 13.8 Å². The van der Waals surface area contributed by atoms with Gasteiger partial charge >= 0.3 is 5.97 Å². The van der Waals surface area contributed by atoms with Crippen LogP contribution in [0.25, 0.3) is 0 Å². The Bertz CT molecular complexity index is 1230. The highest BCUT2D eigenvalue weighted by Crippen LogP contribution is 2.26. The Kier molecular flexibility index (Phi) is 9.28. The average Bonchev–Trinajstić information content (AvgIpc) is 2.82. The van der Waals surface area contributed by atoms with Crippen molar-refractivity contribution >= 4 is 56.7 Å². The van der Waals surface area contributed by atoms with Gasteiger partial charge in [0, 0.05) is 22.3 Å². The number of carbonyl (C=O) groups is 3. The number of anilines is 2. The Labute approximate surface area is 216 Å². The van der Waals surface area contributed by atoms with Gasteiger partial charge in [0.1, 0.15) is 11.5 Å². The van der Waals surface area contributed by atoms with Crippen molar-refractivity contribution in [2.45, 2.75) is 26.7 Å². The molecule has 0 aromatic heterocycles. The Balaban J connectivity index is 1.38. The summed E-state index contributed by atoms with van der Waals surface area (Å²) in [6, 6.07) is 17.7. The lowest BCUT2D eigenvalue weighted by atomic mass is 10.1. The Morgan fingerprint density at radius 3 is 2.14 bits per heavy atom. The molecule has 9 heteroatoms. The smallest absolute Gasteiger partial charge is 0.306 e. The van der Waals surface area contributed by atoms with Gasteiger partial charge in [0.2, 0.25) is 5.91 Å². The molecule has 182 valence electrons. The Hall–Kier alpha value is -3.36. The second-order valence-corrected chi connectivity index (χ2v) is 9.02. The molecule has 0 aliphatic heterocycles. The van der Waals surface area contributed by atoms with E-state index >= 15 is 0 Å². The van der Waals surface area contributed by atoms with E-state index < -0.39 is 18.5 Å². The fourth-order valence-corrected chi connectivity index (χ4v) is 3.38. The standard InChI is InChI=1S/C26H24BrClN2O5/c1-16-3-7-21(13-17(16)2)35-20-8-4-18(5-9-20)29-24(31)11-12-26(33)34-15-25(32)30-19-6-10-22(27)23(28)14-19/h3-10,13-14H,11-12,15H2,1-2H3,(H,29,31)(H,30,32). The van der Waals surface area contributed by atoms with Crippen molar-refractivity contribution in [3.05, 3.63) is 81.3 Å². The first-order valence-corrected chi connectivity index (χ1v) is 11.9. The maximum absolute atomic E-state index is 12.2. The lowest BCUT2D eigenvalue weighted by Gasteiger charge is -2.10. The third-order valence-corrected chi connectivity index (χ3v) is 6.21. The van der Waals surface area contributed by atoms with E-state index in [2.05, 4.69) is 26.6 Å². The molecule has 0 spiro atoms. The fourth-order valence-electron chi connectivity index (χ4n) is 2.95. The van der Waals surface area contributed by atoms with Crippen molar-refractivity contribution in [1.82, 2.24) is 0 Å². The predicted octanol–water partition coefficient (Wildman–Crippen LogP) is 6.41. The molecule has 0 saturated heterocycles. The van der Waals surface area contributed by atoms with E-state index in [1.807, 2.05) is 32.0 Å². The lowest BCUT2D eigenvalue weighted by Crippen LogP contribution is -2.21. The number of esters is 1. The molecule has 35 heavy (non-hydrogen) atoms. The minimum Gasteiger partial charge on any atom is -0.457 e. The van der Waals surface area contributed by atoms with Crippen LogP contribution in [0.4, 0.5) is 11.4 Å². The molecule has 0 fully saturated rings. The number of halogens is 2. The monoisotopic (exact) mass is 558 g/mol. The van der Waals surface area contributed by atoms with Crippen molar-refractivity contribution in [3.8, 4) is 11.5 Å². The van der Waals surface area contributed by atoms with Crippen LogP contribution in [0.2, 0.25) is 5.02 Å². The number of aryl methyl sites for hydroxylation is 2. The topological polar surface area (TPSA) is 93.7 Å². The lowest BCUT2D eigenvalue weighted by molar-refractivity contribution is -0.147. The molecule has 0 aliphatic rings. The fraction of sp³-hybridized carbons (Fsp3) is 0.192. The Morgan fingerprint density at radius 2 is 1.46 bits per heavy atom. The average molecular weight is 560 g/mol. The zero-order chi connectivity index (χ0) is 25.4. The Morgan fingerprint density at radius 1 is 0.800 bits per heavy atom. The predicted molar refractivity (Wildman–Crippen MR) is 139 cm³/mol. The number of amides is 2. The molecule has 0 aliphatic carbocycles. The summed E-state index contributed by atoms with van der Waals surface area (Å²) in [4.78, 5) is 36.0. The second-order valence-electron chi connectivity index (χ2n) is 7.76. The maximum atomic E-state index is 12.2. The third kappa shape index (κ3) is 8.42. The maximum Gasteiger partial charge on any atom is 0.306 e. The second kappa shape index (κ2) is 12.4. The molecule has 0 bridgehead atoms. The zero-order valence-corrected chi connectivity index (χ0v) is 21.5. The van der Waals surface area contributed by atoms with Gasteiger partial charge in [-0.05, 0) is 95.5 Å². The van der Waals surface area contributed by atoms with E-state index in [1.165, 1.54) is 5.56 Å². The van der Waals surface area contributed by atoms with E-state index in [0.717, 1.165) is 11.3 Å². The summed E-state index contributed by atoms with van der Waals surface area (Å²) in [6.45, 7) is 3.59. The van der Waals surface area contributed by atoms with E-state index in [4.69, 9.17) is 21.1 Å². The van der Waals surface area contributed by atoms with Gasteiger partial charge in [-0.2, -0.15) is 0 Å². The quantitative estimate of drug-likeness (QED) is 0.295. The number of rotatable bonds is 9. The number of benzene rings is 3. The number of carbonyl (C=O) groups excluding carboxylic acids is 3. The summed E-state index contributed by atoms with van der Waals surface area (Å²) in [5.74, 6) is -0.138. The number of hydrogen-bond donors (Lipinski definition) is 2. The molecule has 3 aromatic rings. The molecule has 0 saturated carbocycles. The van der Waals surface area contributed by atoms with Crippen molar-refractivity contribution in [2.75, 3.05) is 17.2 Å². The van der Waals surface area contributed by atoms with E-state index in [-0.39, 0.29) is 18.7 Å². The molecule has 2 N–H and O–H groups in total. The van der Waals surface area contributed by atoms with Gasteiger partial charge in [-0.25, -0.2) is 0 Å². The molecule has 7 nitrogen and oxygen atoms in total. The van der Waals surface area contributed by atoms with Gasteiger partial charge in [0.15, 0.2) is 6.61 Å². The van der Waals surface area contributed by atoms with Gasteiger partial charge in [0.05, 0.1) is 11.4 Å². The highest BCUT2D eigenvalue weighted by Gasteiger charge is 2.12. The number of ether oxygens (including phenoxy) is 2. The minimum atomic E-state index is -0.652. The molecule has 0 heterocycles. The molecule has 0 atom stereocenters. The first kappa shape index (κ1) is 26.2. The molecule has 3 rings (SSSR count). The highest BCUT2D eigenvalue weighted by atomic mass is 79.9. The largest absolute Gasteiger partial charge is 0.457 e. The molecular formula is C26H24BrClN2O5. The minimum absolute atomic E-state index is 0.0797. The summed E-state index contributed by atoms with van der Waals surface area (Å²) in [7, 11) is 0. The van der Waals surface area contributed by atoms with Gasteiger partial charge < -0.3 is 20.1 Å². The van der Waals surface area contributed by atoms with E-state index in [9.17, 15) is 14.4 Å². The molecule has 3 aromatic carbocycles. The van der Waals surface area contributed by atoms with Gasteiger partial charge in [0.25, 0.3) is 5.91 Å². The summed E-state index contributed by atoms with van der Waals surface area (Å²) in [5.41, 5.74) is 3.38. The summed E-state index contributed by atoms with van der Waals surface area (Å²) >= 11 is 9.24. The van der Waals surface area contributed by atoms with Crippen molar-refractivity contribution in [3.63, 3.8) is 0 Å². The van der Waals surface area contributed by atoms with E-state index in [0.29, 0.717) is 26.6 Å². The van der Waals surface area contributed by atoms with Crippen LogP contribution < -0.4 is 15.4 Å². The van der Waals surface area contributed by atoms with Crippen molar-refractivity contribution in [1.29, 1.82) is 0 Å². The molecule has 2 amide bonds. The van der Waals surface area contributed by atoms with Crippen LogP contribution in [0.15, 0.2) is 65.1 Å². The van der Waals surface area contributed by atoms with Crippen LogP contribution in [-0.4, -0.2) is 24.4 Å². The van der Waals surface area contributed by atoms with Crippen LogP contribution in [0.5, 0.6) is 11.5 Å². The van der Waals surface area contributed by atoms with Gasteiger partial charge in [-0.1, -0.05) is 17.7 Å². The van der Waals surface area contributed by atoms with Crippen LogP contribution in [-0.2, 0) is 19.1 Å². The third-order valence-electron chi connectivity index (χ3n) is 4.98. The summed E-state index contributed by atoms with van der Waals surface area (Å²) < 4.78 is 11.5. The van der Waals surface area contributed by atoms with Crippen LogP contribution in [0.1, 0.15) is 24.0 Å². The van der Waals surface area contributed by atoms with Crippen molar-refractivity contribution < 1.29 is 23.9 Å². The van der Waals surface area contributed by atoms with Gasteiger partial charge in [-0.3, -0.25) is 14.4 Å². The highest BCUT2D eigenvalue weighted by molar-refractivity contribution is 9.10. The molecule has 0 unspecified atom stereocenters. The first-order valence-electron chi connectivity index (χ1n) is 10.7. The molecule has 0 radical (unpaired) electrons. The van der Waals surface area contributed by atoms with E-state index in [1.54, 1.807) is 42.5 Å². The normalized spacial score (nSPS) is 10.4. The first-order chi connectivity index (χ1) is 16.7. The van der Waals surface area contributed by atoms with Crippen molar-refractivity contribution in [2.24, 2.45) is 0 Å².